The van der Waals surface area contributed by atoms with Crippen molar-refractivity contribution in [3.63, 3.8) is 0 Å². The first kappa shape index (κ1) is 22.3. The first-order valence-electron chi connectivity index (χ1n) is 9.67. The minimum absolute atomic E-state index is 0.0151. The van der Waals surface area contributed by atoms with Crippen LogP contribution in [0.25, 0.3) is 6.08 Å². The number of hydrogen-bond acceptors (Lipinski definition) is 3. The van der Waals surface area contributed by atoms with E-state index in [2.05, 4.69) is 21.2 Å². The lowest BCUT2D eigenvalue weighted by atomic mass is 10.0. The van der Waals surface area contributed by atoms with Crippen molar-refractivity contribution in [2.75, 3.05) is 11.9 Å². The van der Waals surface area contributed by atoms with Gasteiger partial charge in [-0.15, -0.1) is 0 Å². The topological polar surface area (TPSA) is 62.1 Å². The Bertz CT molecular complexity index is 1150. The van der Waals surface area contributed by atoms with Crippen LogP contribution in [-0.2, 0) is 11.2 Å². The van der Waals surface area contributed by atoms with E-state index in [1.165, 1.54) is 18.2 Å². The average molecular weight is 479 g/mol. The zero-order valence-corrected chi connectivity index (χ0v) is 18.4. The van der Waals surface area contributed by atoms with E-state index in [-0.39, 0.29) is 11.4 Å². The van der Waals surface area contributed by atoms with Crippen molar-refractivity contribution in [1.82, 2.24) is 0 Å². The average Bonchev–Trinajstić information content (AvgIpc) is 2.75. The summed E-state index contributed by atoms with van der Waals surface area (Å²) in [4.78, 5) is 12.5. The molecule has 0 heterocycles. The maximum absolute atomic E-state index is 13.4. The van der Waals surface area contributed by atoms with E-state index < -0.39 is 5.91 Å². The Balaban J connectivity index is 1.73. The fourth-order valence-corrected chi connectivity index (χ4v) is 3.52. The monoisotopic (exact) mass is 478 g/mol. The molecule has 0 aliphatic heterocycles. The van der Waals surface area contributed by atoms with E-state index in [0.29, 0.717) is 30.0 Å². The van der Waals surface area contributed by atoms with Crippen LogP contribution in [0.5, 0.6) is 5.75 Å². The molecule has 0 bridgehead atoms. The number of ether oxygens (including phenoxy) is 1. The van der Waals surface area contributed by atoms with Gasteiger partial charge in [-0.2, -0.15) is 5.26 Å². The molecule has 0 fully saturated rings. The highest BCUT2D eigenvalue weighted by Gasteiger charge is 2.11. The molecule has 3 aromatic carbocycles. The number of nitrogens with zero attached hydrogens (tertiary/aromatic N) is 1. The van der Waals surface area contributed by atoms with Crippen LogP contribution in [0, 0.1) is 17.1 Å². The molecule has 156 valence electrons. The highest BCUT2D eigenvalue weighted by Crippen LogP contribution is 2.24. The number of hydrogen-bond donors (Lipinski definition) is 1. The van der Waals surface area contributed by atoms with Crippen molar-refractivity contribution < 1.29 is 13.9 Å². The Labute approximate surface area is 189 Å². The molecule has 0 aliphatic carbocycles. The molecule has 1 N–H and O–H groups in total. The van der Waals surface area contributed by atoms with Gasteiger partial charge in [0.15, 0.2) is 0 Å². The van der Waals surface area contributed by atoms with Gasteiger partial charge >= 0.3 is 0 Å². The van der Waals surface area contributed by atoms with Crippen molar-refractivity contribution in [2.45, 2.75) is 13.3 Å². The van der Waals surface area contributed by atoms with Crippen LogP contribution in [0.3, 0.4) is 0 Å². The summed E-state index contributed by atoms with van der Waals surface area (Å²) >= 11 is 3.53. The molecule has 0 unspecified atom stereocenters. The van der Waals surface area contributed by atoms with Crippen molar-refractivity contribution in [2.24, 2.45) is 0 Å². The van der Waals surface area contributed by atoms with Crippen LogP contribution >= 0.6 is 15.9 Å². The molecule has 0 saturated heterocycles. The molecular weight excluding hydrogens is 459 g/mol. The number of rotatable bonds is 7. The maximum atomic E-state index is 13.4. The molecule has 0 atom stereocenters. The van der Waals surface area contributed by atoms with E-state index in [1.54, 1.807) is 30.3 Å². The number of carbonyl (C=O) groups excluding carboxylic acids is 1. The van der Waals surface area contributed by atoms with Crippen molar-refractivity contribution in [3.05, 3.63) is 99.3 Å². The van der Waals surface area contributed by atoms with Crippen LogP contribution in [0.1, 0.15) is 23.6 Å². The summed E-state index contributed by atoms with van der Waals surface area (Å²) in [5.41, 5.74) is 3.09. The van der Waals surface area contributed by atoms with Crippen molar-refractivity contribution >= 4 is 33.6 Å². The lowest BCUT2D eigenvalue weighted by molar-refractivity contribution is -0.112. The first-order chi connectivity index (χ1) is 15.0. The van der Waals surface area contributed by atoms with Gasteiger partial charge in [-0.05, 0) is 78.6 Å². The molecule has 3 aromatic rings. The van der Waals surface area contributed by atoms with Gasteiger partial charge in [-0.25, -0.2) is 4.39 Å². The van der Waals surface area contributed by atoms with Crippen molar-refractivity contribution in [1.29, 1.82) is 5.26 Å². The third-order valence-electron chi connectivity index (χ3n) is 4.46. The van der Waals surface area contributed by atoms with Crippen LogP contribution in [0.2, 0.25) is 0 Å². The third kappa shape index (κ3) is 6.27. The van der Waals surface area contributed by atoms with Crippen LogP contribution in [0.15, 0.2) is 76.8 Å². The van der Waals surface area contributed by atoms with Crippen LogP contribution in [-0.4, -0.2) is 12.5 Å². The Morgan fingerprint density at radius 3 is 2.58 bits per heavy atom. The summed E-state index contributed by atoms with van der Waals surface area (Å²) < 4.78 is 19.6. The number of anilines is 1. The molecule has 4 nitrogen and oxygen atoms in total. The third-order valence-corrected chi connectivity index (χ3v) is 5.20. The van der Waals surface area contributed by atoms with Crippen molar-refractivity contribution in [3.8, 4) is 11.8 Å². The standard InChI is InChI=1S/C25H20BrFN2O2/c1-2-31-23-10-8-22(9-11-23)29-25(30)20(16-28)13-18-6-7-19(24(26)15-18)12-17-4-3-5-21(27)14-17/h3-11,13-15H,2,12H2,1H3,(H,29,30)/b20-13+. The second-order valence-electron chi connectivity index (χ2n) is 6.74. The number of nitriles is 1. The quantitative estimate of drug-likeness (QED) is 0.328. The molecular formula is C25H20BrFN2O2. The van der Waals surface area contributed by atoms with Gasteiger partial charge in [-0.3, -0.25) is 4.79 Å². The highest BCUT2D eigenvalue weighted by atomic mass is 79.9. The second kappa shape index (κ2) is 10.6. The summed E-state index contributed by atoms with van der Waals surface area (Å²) in [6, 6.07) is 20.9. The fraction of sp³-hybridized carbons (Fsp3) is 0.120. The highest BCUT2D eigenvalue weighted by molar-refractivity contribution is 9.10. The molecule has 0 radical (unpaired) electrons. The number of halogens is 2. The molecule has 1 amide bonds. The predicted molar refractivity (Wildman–Crippen MR) is 123 cm³/mol. The Kier molecular flexibility index (Phi) is 7.58. The summed E-state index contributed by atoms with van der Waals surface area (Å²) in [5, 5.41) is 12.2. The molecule has 0 aromatic heterocycles. The van der Waals surface area contributed by atoms with Crippen LogP contribution < -0.4 is 10.1 Å². The van der Waals surface area contributed by atoms with Gasteiger partial charge in [0.1, 0.15) is 23.2 Å². The Morgan fingerprint density at radius 1 is 1.16 bits per heavy atom. The van der Waals surface area contributed by atoms with E-state index >= 15 is 0 Å². The first-order valence-corrected chi connectivity index (χ1v) is 10.5. The minimum atomic E-state index is -0.494. The Morgan fingerprint density at radius 2 is 1.94 bits per heavy atom. The number of carbonyl (C=O) groups is 1. The summed E-state index contributed by atoms with van der Waals surface area (Å²) in [6.07, 6.45) is 2.09. The number of amides is 1. The second-order valence-corrected chi connectivity index (χ2v) is 7.59. The van der Waals surface area contributed by atoms with Gasteiger partial charge in [-0.1, -0.05) is 40.2 Å². The van der Waals surface area contributed by atoms with E-state index in [0.717, 1.165) is 15.6 Å². The number of nitrogens with one attached hydrogen (secondary N) is 1. The summed E-state index contributed by atoms with van der Waals surface area (Å²) in [5.74, 6) is -0.0586. The SMILES string of the molecule is CCOc1ccc(NC(=O)/C(C#N)=C/c2ccc(Cc3cccc(F)c3)c(Br)c2)cc1. The van der Waals surface area contributed by atoms with E-state index in [4.69, 9.17) is 4.74 Å². The molecule has 6 heteroatoms. The number of benzene rings is 3. The largest absolute Gasteiger partial charge is 0.494 e. The smallest absolute Gasteiger partial charge is 0.266 e. The van der Waals surface area contributed by atoms with Gasteiger partial charge in [0.05, 0.1) is 6.61 Å². The van der Waals surface area contributed by atoms with Gasteiger partial charge in [0.25, 0.3) is 5.91 Å². The minimum Gasteiger partial charge on any atom is -0.494 e. The van der Waals surface area contributed by atoms with Gasteiger partial charge in [0.2, 0.25) is 0 Å². The van der Waals surface area contributed by atoms with E-state index in [9.17, 15) is 14.4 Å². The fourth-order valence-electron chi connectivity index (χ4n) is 2.98. The van der Waals surface area contributed by atoms with Crippen LogP contribution in [0.4, 0.5) is 10.1 Å². The molecule has 0 aliphatic rings. The summed E-state index contributed by atoms with van der Waals surface area (Å²) in [7, 11) is 0. The molecule has 3 rings (SSSR count). The van der Waals surface area contributed by atoms with E-state index in [1.807, 2.05) is 37.3 Å². The summed E-state index contributed by atoms with van der Waals surface area (Å²) in [6.45, 7) is 2.45. The molecule has 0 spiro atoms. The maximum Gasteiger partial charge on any atom is 0.266 e. The molecule has 0 saturated carbocycles. The Hall–Kier alpha value is -3.43. The zero-order chi connectivity index (χ0) is 22.2. The lowest BCUT2D eigenvalue weighted by Crippen LogP contribution is -2.13. The predicted octanol–water partition coefficient (Wildman–Crippen LogP) is 6.12. The normalized spacial score (nSPS) is 11.0. The molecule has 31 heavy (non-hydrogen) atoms. The van der Waals surface area contributed by atoms with Gasteiger partial charge in [0, 0.05) is 10.2 Å². The zero-order valence-electron chi connectivity index (χ0n) is 16.9. The lowest BCUT2D eigenvalue weighted by Gasteiger charge is -2.08. The van der Waals surface area contributed by atoms with Gasteiger partial charge < -0.3 is 10.1 Å².